The first-order chi connectivity index (χ1) is 16.9. The Kier molecular flexibility index (Phi) is 11.3. The first-order valence-corrected chi connectivity index (χ1v) is 14.6. The summed E-state index contributed by atoms with van der Waals surface area (Å²) in [6.07, 6.45) is 3.04. The van der Waals surface area contributed by atoms with Crippen LogP contribution < -0.4 is 9.62 Å². The summed E-state index contributed by atoms with van der Waals surface area (Å²) in [5.41, 5.74) is 1.85. The fourth-order valence-electron chi connectivity index (χ4n) is 3.73. The summed E-state index contributed by atoms with van der Waals surface area (Å²) in [6, 6.07) is 9.42. The van der Waals surface area contributed by atoms with Gasteiger partial charge in [-0.1, -0.05) is 84.9 Å². The number of sulfonamides is 1. The lowest BCUT2D eigenvalue weighted by atomic mass is 10.1. The maximum absolute atomic E-state index is 13.7. The molecular weight excluding hydrogens is 545 g/mol. The van der Waals surface area contributed by atoms with Crippen LogP contribution in [0.1, 0.15) is 44.2 Å². The number of amides is 2. The molecular formula is C25H32Cl3N3O4S. The van der Waals surface area contributed by atoms with Gasteiger partial charge in [0, 0.05) is 13.1 Å². The van der Waals surface area contributed by atoms with Gasteiger partial charge in [-0.2, -0.15) is 0 Å². The lowest BCUT2D eigenvalue weighted by Crippen LogP contribution is -2.52. The third kappa shape index (κ3) is 8.26. The van der Waals surface area contributed by atoms with Crippen molar-refractivity contribution >= 4 is 62.3 Å². The second-order valence-corrected chi connectivity index (χ2v) is 11.7. The molecule has 0 fully saturated rings. The lowest BCUT2D eigenvalue weighted by molar-refractivity contribution is -0.140. The molecule has 0 aliphatic rings. The first kappa shape index (κ1) is 30.2. The van der Waals surface area contributed by atoms with Gasteiger partial charge in [0.15, 0.2) is 0 Å². The van der Waals surface area contributed by atoms with E-state index >= 15 is 0 Å². The molecule has 0 bridgehead atoms. The minimum atomic E-state index is -3.95. The SMILES string of the molecule is CCCCNC(=O)[C@@H](CC)N(Cc1cccc(C)c1)C(=O)CN(c1cc(Cl)c(Cl)cc1Cl)S(C)(=O)=O. The van der Waals surface area contributed by atoms with E-state index in [1.807, 2.05) is 45.0 Å². The van der Waals surface area contributed by atoms with Crippen LogP contribution in [0.15, 0.2) is 36.4 Å². The van der Waals surface area contributed by atoms with Crippen molar-refractivity contribution in [1.29, 1.82) is 0 Å². The zero-order valence-corrected chi connectivity index (χ0v) is 23.9. The van der Waals surface area contributed by atoms with Crippen LogP contribution in [0.2, 0.25) is 15.1 Å². The van der Waals surface area contributed by atoms with Crippen LogP contribution in [0.4, 0.5) is 5.69 Å². The highest BCUT2D eigenvalue weighted by Gasteiger charge is 2.32. The van der Waals surface area contributed by atoms with Gasteiger partial charge in [0.05, 0.1) is 27.0 Å². The average Bonchev–Trinajstić information content (AvgIpc) is 2.79. The first-order valence-electron chi connectivity index (χ1n) is 11.6. The minimum Gasteiger partial charge on any atom is -0.354 e. The molecule has 11 heteroatoms. The Morgan fingerprint density at radius 3 is 2.28 bits per heavy atom. The molecule has 0 unspecified atom stereocenters. The maximum atomic E-state index is 13.7. The number of hydrogen-bond donors (Lipinski definition) is 1. The molecule has 7 nitrogen and oxygen atoms in total. The van der Waals surface area contributed by atoms with Crippen LogP contribution in [0.25, 0.3) is 0 Å². The average molecular weight is 577 g/mol. The molecule has 1 atom stereocenters. The molecule has 0 aromatic heterocycles. The van der Waals surface area contributed by atoms with Gasteiger partial charge in [-0.15, -0.1) is 0 Å². The summed E-state index contributed by atoms with van der Waals surface area (Å²) in [4.78, 5) is 28.2. The highest BCUT2D eigenvalue weighted by molar-refractivity contribution is 7.92. The van der Waals surface area contributed by atoms with Gasteiger partial charge in [-0.3, -0.25) is 13.9 Å². The van der Waals surface area contributed by atoms with Crippen LogP contribution in [0, 0.1) is 6.92 Å². The Balaban J connectivity index is 2.47. The van der Waals surface area contributed by atoms with E-state index in [1.54, 1.807) is 0 Å². The molecule has 36 heavy (non-hydrogen) atoms. The molecule has 0 radical (unpaired) electrons. The summed E-state index contributed by atoms with van der Waals surface area (Å²) < 4.78 is 26.3. The molecule has 0 aliphatic carbocycles. The van der Waals surface area contributed by atoms with Crippen LogP contribution in [0.3, 0.4) is 0 Å². The van der Waals surface area contributed by atoms with Crippen molar-refractivity contribution in [2.24, 2.45) is 0 Å². The fourth-order valence-corrected chi connectivity index (χ4v) is 5.28. The number of carbonyl (C=O) groups excluding carboxylic acids is 2. The molecule has 2 rings (SSSR count). The molecule has 2 amide bonds. The van der Waals surface area contributed by atoms with Gasteiger partial charge in [0.2, 0.25) is 21.8 Å². The Hall–Kier alpha value is -2.00. The molecule has 198 valence electrons. The van der Waals surface area contributed by atoms with Gasteiger partial charge < -0.3 is 10.2 Å². The molecule has 1 N–H and O–H groups in total. The topological polar surface area (TPSA) is 86.8 Å². The Bertz CT molecular complexity index is 1190. The molecule has 2 aromatic carbocycles. The van der Waals surface area contributed by atoms with E-state index in [4.69, 9.17) is 34.8 Å². The molecule has 0 saturated carbocycles. The van der Waals surface area contributed by atoms with Gasteiger partial charge >= 0.3 is 0 Å². The van der Waals surface area contributed by atoms with Crippen molar-refractivity contribution in [1.82, 2.24) is 10.2 Å². The van der Waals surface area contributed by atoms with Crippen molar-refractivity contribution in [2.45, 2.75) is 52.6 Å². The predicted molar refractivity (Wildman–Crippen MR) is 147 cm³/mol. The number of aryl methyl sites for hydroxylation is 1. The predicted octanol–water partition coefficient (Wildman–Crippen LogP) is 5.44. The molecule has 0 heterocycles. The third-order valence-corrected chi connectivity index (χ3v) is 7.74. The Morgan fingerprint density at radius 2 is 1.69 bits per heavy atom. The quantitative estimate of drug-likeness (QED) is 0.269. The monoisotopic (exact) mass is 575 g/mol. The van der Waals surface area contributed by atoms with Gasteiger partial charge in [0.25, 0.3) is 0 Å². The maximum Gasteiger partial charge on any atom is 0.244 e. The number of nitrogens with zero attached hydrogens (tertiary/aromatic N) is 2. The van der Waals surface area contributed by atoms with Crippen LogP contribution in [0.5, 0.6) is 0 Å². The standard InChI is InChI=1S/C25H32Cl3N3O4S/c1-5-7-11-29-25(33)22(6-2)30(15-18-10-8-9-17(3)12-18)24(32)16-31(36(4,34)35)23-14-20(27)19(26)13-21(23)28/h8-10,12-14,22H,5-7,11,15-16H2,1-4H3,(H,29,33)/t22-/m1/s1. The van der Waals surface area contributed by atoms with Crippen molar-refractivity contribution in [3.8, 4) is 0 Å². The summed E-state index contributed by atoms with van der Waals surface area (Å²) in [6.45, 7) is 5.82. The number of carbonyl (C=O) groups is 2. The largest absolute Gasteiger partial charge is 0.354 e. The van der Waals surface area contributed by atoms with Gasteiger partial charge in [-0.05, 0) is 37.5 Å². The third-order valence-electron chi connectivity index (χ3n) is 5.59. The highest BCUT2D eigenvalue weighted by Crippen LogP contribution is 2.35. The minimum absolute atomic E-state index is 0.0252. The summed E-state index contributed by atoms with van der Waals surface area (Å²) in [5.74, 6) is -0.841. The van der Waals surface area contributed by atoms with E-state index in [1.165, 1.54) is 17.0 Å². The number of rotatable bonds is 12. The van der Waals surface area contributed by atoms with E-state index in [-0.39, 0.29) is 33.2 Å². The van der Waals surface area contributed by atoms with E-state index in [2.05, 4.69) is 5.32 Å². The van der Waals surface area contributed by atoms with Crippen molar-refractivity contribution in [3.63, 3.8) is 0 Å². The molecule has 2 aromatic rings. The van der Waals surface area contributed by atoms with Crippen LogP contribution in [-0.2, 0) is 26.2 Å². The summed E-state index contributed by atoms with van der Waals surface area (Å²) >= 11 is 18.4. The zero-order chi connectivity index (χ0) is 27.0. The number of nitrogens with one attached hydrogen (secondary N) is 1. The van der Waals surface area contributed by atoms with Crippen LogP contribution in [-0.4, -0.2) is 50.5 Å². The number of unbranched alkanes of at least 4 members (excludes halogenated alkanes) is 1. The van der Waals surface area contributed by atoms with Crippen molar-refractivity contribution in [3.05, 3.63) is 62.6 Å². The number of hydrogen-bond acceptors (Lipinski definition) is 4. The fraction of sp³-hybridized carbons (Fsp3) is 0.440. The summed E-state index contributed by atoms with van der Waals surface area (Å²) in [7, 11) is -3.95. The van der Waals surface area contributed by atoms with E-state index in [0.717, 1.165) is 34.5 Å². The molecule has 0 saturated heterocycles. The lowest BCUT2D eigenvalue weighted by Gasteiger charge is -2.33. The van der Waals surface area contributed by atoms with Crippen molar-refractivity contribution in [2.75, 3.05) is 23.7 Å². The van der Waals surface area contributed by atoms with Crippen molar-refractivity contribution < 1.29 is 18.0 Å². The van der Waals surface area contributed by atoms with E-state index in [0.29, 0.717) is 13.0 Å². The number of anilines is 1. The highest BCUT2D eigenvalue weighted by atomic mass is 35.5. The van der Waals surface area contributed by atoms with E-state index < -0.39 is 28.5 Å². The number of benzene rings is 2. The normalized spacial score (nSPS) is 12.2. The Labute approximate surface area is 228 Å². The smallest absolute Gasteiger partial charge is 0.244 e. The number of halogens is 3. The van der Waals surface area contributed by atoms with Gasteiger partial charge in [0.1, 0.15) is 12.6 Å². The second kappa shape index (κ2) is 13.5. The summed E-state index contributed by atoms with van der Waals surface area (Å²) in [5, 5.41) is 3.16. The molecule has 0 spiro atoms. The second-order valence-electron chi connectivity index (χ2n) is 8.57. The van der Waals surface area contributed by atoms with Crippen LogP contribution >= 0.6 is 34.8 Å². The molecule has 0 aliphatic heterocycles. The van der Waals surface area contributed by atoms with E-state index in [9.17, 15) is 18.0 Å². The zero-order valence-electron chi connectivity index (χ0n) is 20.9. The Morgan fingerprint density at radius 1 is 1.03 bits per heavy atom. The van der Waals surface area contributed by atoms with Gasteiger partial charge in [-0.25, -0.2) is 8.42 Å².